The molecule has 0 aromatic carbocycles. The molecule has 2 nitrogen and oxygen atoms in total. The Balaban J connectivity index is 3.74. The largest absolute Gasteiger partial charge is 0.478 e. The van der Waals surface area contributed by atoms with Crippen LogP contribution in [-0.4, -0.2) is 11.1 Å². The fourth-order valence-electron chi connectivity index (χ4n) is 0.263. The molecule has 3 heteroatoms. The summed E-state index contributed by atoms with van der Waals surface area (Å²) in [5, 5.41) is 8.63. The highest BCUT2D eigenvalue weighted by Crippen LogP contribution is 1.96. The third-order valence-electron chi connectivity index (χ3n) is 0.565. The Bertz CT molecular complexity index is 154. The molecule has 0 bridgehead atoms. The van der Waals surface area contributed by atoms with E-state index >= 15 is 0 Å². The number of rotatable bonds is 2. The monoisotopic (exact) mass is 146 g/mol. The van der Waals surface area contributed by atoms with E-state index in [0.717, 1.165) is 6.08 Å². The number of hydrogen-bond acceptors (Lipinski definition) is 1. The van der Waals surface area contributed by atoms with Crippen LogP contribution in [0.4, 0.5) is 0 Å². The first-order chi connectivity index (χ1) is 4.13. The molecule has 0 aromatic heterocycles. The zero-order valence-electron chi connectivity index (χ0n) is 4.97. The highest BCUT2D eigenvalue weighted by atomic mass is 35.5. The molecule has 0 radical (unpaired) electrons. The summed E-state index contributed by atoms with van der Waals surface area (Å²) in [6, 6.07) is 0. The van der Waals surface area contributed by atoms with Gasteiger partial charge in [-0.2, -0.15) is 0 Å². The van der Waals surface area contributed by atoms with Crippen molar-refractivity contribution >= 4 is 17.6 Å². The summed E-state index contributed by atoms with van der Waals surface area (Å²) in [7, 11) is 0. The average Bonchev–Trinajstić information content (AvgIpc) is 1.63. The number of halogens is 1. The molecule has 0 atom stereocenters. The van der Waals surface area contributed by atoms with Crippen LogP contribution in [0.2, 0.25) is 0 Å². The van der Waals surface area contributed by atoms with Crippen LogP contribution in [0.5, 0.6) is 0 Å². The molecule has 0 aliphatic carbocycles. The van der Waals surface area contributed by atoms with Gasteiger partial charge >= 0.3 is 5.97 Å². The number of allylic oxidation sites excluding steroid dienone is 3. The number of carboxylic acid groups (broad SMARTS) is 1. The Morgan fingerprint density at radius 2 is 2.22 bits per heavy atom. The topological polar surface area (TPSA) is 37.3 Å². The van der Waals surface area contributed by atoms with E-state index in [9.17, 15) is 4.79 Å². The van der Waals surface area contributed by atoms with Crippen LogP contribution in [0.1, 0.15) is 6.92 Å². The number of hydrogen-bond donors (Lipinski definition) is 1. The SMILES string of the molecule is CC(Cl)=CC=CC(=O)O. The third kappa shape index (κ3) is 7.24. The van der Waals surface area contributed by atoms with Gasteiger partial charge in [0.05, 0.1) is 0 Å². The minimum Gasteiger partial charge on any atom is -0.478 e. The van der Waals surface area contributed by atoms with Gasteiger partial charge in [0.1, 0.15) is 0 Å². The molecule has 0 heterocycles. The van der Waals surface area contributed by atoms with E-state index in [1.54, 1.807) is 6.92 Å². The first-order valence-electron chi connectivity index (χ1n) is 2.36. The molecule has 50 valence electrons. The van der Waals surface area contributed by atoms with Gasteiger partial charge in [-0.15, -0.1) is 0 Å². The summed E-state index contributed by atoms with van der Waals surface area (Å²) < 4.78 is 0. The molecule has 0 spiro atoms. The Hall–Kier alpha value is -0.760. The molecule has 0 aliphatic heterocycles. The molecule has 0 aromatic rings. The number of carbonyl (C=O) groups is 1. The highest BCUT2D eigenvalue weighted by molar-refractivity contribution is 6.29. The fraction of sp³-hybridized carbons (Fsp3) is 0.167. The van der Waals surface area contributed by atoms with Crippen molar-refractivity contribution in [2.24, 2.45) is 0 Å². The van der Waals surface area contributed by atoms with Crippen LogP contribution < -0.4 is 0 Å². The highest BCUT2D eigenvalue weighted by Gasteiger charge is 1.80. The number of aliphatic carboxylic acids is 1. The summed E-state index contributed by atoms with van der Waals surface area (Å²) in [6.07, 6.45) is 3.91. The summed E-state index contributed by atoms with van der Waals surface area (Å²) in [6.45, 7) is 1.67. The number of carboxylic acids is 1. The Morgan fingerprint density at radius 1 is 1.67 bits per heavy atom. The van der Waals surface area contributed by atoms with Gasteiger partial charge in [0, 0.05) is 11.1 Å². The van der Waals surface area contributed by atoms with E-state index in [0.29, 0.717) is 5.03 Å². The second kappa shape index (κ2) is 4.15. The van der Waals surface area contributed by atoms with Gasteiger partial charge < -0.3 is 5.11 Å². The van der Waals surface area contributed by atoms with Crippen molar-refractivity contribution in [3.8, 4) is 0 Å². The first kappa shape index (κ1) is 8.24. The second-order valence-corrected chi connectivity index (χ2v) is 2.05. The lowest BCUT2D eigenvalue weighted by Crippen LogP contribution is -1.84. The third-order valence-corrected chi connectivity index (χ3v) is 0.691. The van der Waals surface area contributed by atoms with Crippen molar-refractivity contribution < 1.29 is 9.90 Å². The summed E-state index contributed by atoms with van der Waals surface area (Å²) in [4.78, 5) is 9.82. The molecule has 0 unspecified atom stereocenters. The van der Waals surface area contributed by atoms with Gasteiger partial charge in [0.2, 0.25) is 0 Å². The van der Waals surface area contributed by atoms with Crippen molar-refractivity contribution in [2.45, 2.75) is 6.92 Å². The molecule has 0 aliphatic rings. The fourth-order valence-corrected chi connectivity index (χ4v) is 0.336. The molecule has 9 heavy (non-hydrogen) atoms. The zero-order chi connectivity index (χ0) is 7.28. The van der Waals surface area contributed by atoms with E-state index < -0.39 is 5.97 Å². The maximum Gasteiger partial charge on any atom is 0.328 e. The smallest absolute Gasteiger partial charge is 0.328 e. The zero-order valence-corrected chi connectivity index (χ0v) is 5.72. The van der Waals surface area contributed by atoms with Crippen LogP contribution in [-0.2, 0) is 4.79 Å². The van der Waals surface area contributed by atoms with Crippen LogP contribution in [0.25, 0.3) is 0 Å². The normalized spacial score (nSPS) is 12.4. The van der Waals surface area contributed by atoms with Gasteiger partial charge in [-0.1, -0.05) is 17.7 Å². The van der Waals surface area contributed by atoms with Gasteiger partial charge in [-0.25, -0.2) is 4.79 Å². The van der Waals surface area contributed by atoms with Crippen LogP contribution in [0.3, 0.4) is 0 Å². The molecule has 0 fully saturated rings. The Kier molecular flexibility index (Phi) is 3.80. The summed E-state index contributed by atoms with van der Waals surface area (Å²) in [5.74, 6) is -0.968. The molecule has 0 saturated heterocycles. The van der Waals surface area contributed by atoms with Crippen molar-refractivity contribution in [3.63, 3.8) is 0 Å². The lowest BCUT2D eigenvalue weighted by Gasteiger charge is -1.77. The van der Waals surface area contributed by atoms with Crippen molar-refractivity contribution in [1.82, 2.24) is 0 Å². The molecular weight excluding hydrogens is 140 g/mol. The quantitative estimate of drug-likeness (QED) is 0.476. The van der Waals surface area contributed by atoms with Gasteiger partial charge in [0.15, 0.2) is 0 Å². The van der Waals surface area contributed by atoms with E-state index in [2.05, 4.69) is 0 Å². The van der Waals surface area contributed by atoms with Crippen molar-refractivity contribution in [1.29, 1.82) is 0 Å². The molecule has 1 N–H and O–H groups in total. The first-order valence-corrected chi connectivity index (χ1v) is 2.74. The van der Waals surface area contributed by atoms with E-state index in [1.807, 2.05) is 0 Å². The van der Waals surface area contributed by atoms with Crippen LogP contribution in [0, 0.1) is 0 Å². The van der Waals surface area contributed by atoms with Crippen LogP contribution in [0.15, 0.2) is 23.3 Å². The lowest BCUT2D eigenvalue weighted by molar-refractivity contribution is -0.131. The molecular formula is C6H7ClO2. The van der Waals surface area contributed by atoms with E-state index in [4.69, 9.17) is 16.7 Å². The maximum absolute atomic E-state index is 9.82. The predicted octanol–water partition coefficient (Wildman–Crippen LogP) is 1.77. The summed E-state index contributed by atoms with van der Waals surface area (Å²) in [5.41, 5.74) is 0. The second-order valence-electron chi connectivity index (χ2n) is 1.45. The lowest BCUT2D eigenvalue weighted by atomic mass is 10.4. The van der Waals surface area contributed by atoms with E-state index in [1.165, 1.54) is 12.2 Å². The Labute approximate surface area is 58.4 Å². The maximum atomic E-state index is 9.82. The molecule has 0 amide bonds. The molecule has 0 rings (SSSR count). The van der Waals surface area contributed by atoms with E-state index in [-0.39, 0.29) is 0 Å². The summed E-state index contributed by atoms with van der Waals surface area (Å²) >= 11 is 5.38. The van der Waals surface area contributed by atoms with Crippen molar-refractivity contribution in [2.75, 3.05) is 0 Å². The van der Waals surface area contributed by atoms with Gasteiger partial charge in [-0.05, 0) is 13.0 Å². The van der Waals surface area contributed by atoms with Gasteiger partial charge in [0.25, 0.3) is 0 Å². The minimum atomic E-state index is -0.968. The average molecular weight is 147 g/mol. The minimum absolute atomic E-state index is 0.563. The predicted molar refractivity (Wildman–Crippen MR) is 36.4 cm³/mol. The van der Waals surface area contributed by atoms with Crippen molar-refractivity contribution in [3.05, 3.63) is 23.3 Å². The standard InChI is InChI=1S/C6H7ClO2/c1-5(7)3-2-4-6(8)9/h2-4H,1H3,(H,8,9). The molecule has 0 saturated carbocycles. The van der Waals surface area contributed by atoms with Gasteiger partial charge in [-0.3, -0.25) is 0 Å². The Morgan fingerprint density at radius 3 is 2.56 bits per heavy atom. The van der Waals surface area contributed by atoms with Crippen LogP contribution >= 0.6 is 11.6 Å².